The van der Waals surface area contributed by atoms with Gasteiger partial charge in [-0.3, -0.25) is 9.88 Å². The second-order valence-electron chi connectivity index (χ2n) is 10.6. The van der Waals surface area contributed by atoms with Crippen molar-refractivity contribution in [3.05, 3.63) is 47.1 Å². The lowest BCUT2D eigenvalue weighted by Crippen LogP contribution is -2.50. The Hall–Kier alpha value is -3.29. The Morgan fingerprint density at radius 1 is 1.33 bits per heavy atom. The van der Waals surface area contributed by atoms with Gasteiger partial charge in [0, 0.05) is 12.0 Å². The summed E-state index contributed by atoms with van der Waals surface area (Å²) in [5, 5.41) is 19.8. The zero-order valence-electron chi connectivity index (χ0n) is 20.2. The molecule has 11 heteroatoms. The van der Waals surface area contributed by atoms with Crippen LogP contribution < -0.4 is 4.90 Å². The van der Waals surface area contributed by atoms with Crippen molar-refractivity contribution >= 4 is 34.5 Å². The van der Waals surface area contributed by atoms with Crippen LogP contribution in [0.25, 0.3) is 11.0 Å². The molecular weight excluding hydrogens is 487 g/mol. The molecule has 5 rings (SSSR count). The maximum Gasteiger partial charge on any atom is 0.416 e. The number of ether oxygens (including phenoxy) is 1. The number of hydrogen-bond donors (Lipinski definition) is 1. The number of aliphatic hydroxyl groups is 1. The van der Waals surface area contributed by atoms with Gasteiger partial charge in [-0.15, -0.1) is 0 Å². The van der Waals surface area contributed by atoms with Crippen LogP contribution in [0.15, 0.2) is 30.9 Å². The molecule has 3 aromatic rings. The summed E-state index contributed by atoms with van der Waals surface area (Å²) in [5.74, 6) is 0.313. The number of imidazole rings is 1. The predicted octanol–water partition coefficient (Wildman–Crippen LogP) is 4.50. The zero-order chi connectivity index (χ0) is 25.9. The first kappa shape index (κ1) is 24.4. The number of nitriles is 1. The number of alkyl halides is 1. The number of anilines is 1. The van der Waals surface area contributed by atoms with E-state index >= 15 is 4.39 Å². The van der Waals surface area contributed by atoms with Gasteiger partial charge in [-0.2, -0.15) is 5.26 Å². The molecule has 0 bridgehead atoms. The van der Waals surface area contributed by atoms with Gasteiger partial charge >= 0.3 is 6.09 Å². The first-order chi connectivity index (χ1) is 16.9. The fourth-order valence-corrected chi connectivity index (χ4v) is 5.59. The lowest BCUT2D eigenvalue weighted by molar-refractivity contribution is -0.0663. The fraction of sp³-hybridized carbons (Fsp3) is 0.480. The van der Waals surface area contributed by atoms with Gasteiger partial charge in [0.1, 0.15) is 22.9 Å². The van der Waals surface area contributed by atoms with Crippen molar-refractivity contribution in [2.75, 3.05) is 11.4 Å². The van der Waals surface area contributed by atoms with Crippen LogP contribution in [-0.4, -0.2) is 49.0 Å². The van der Waals surface area contributed by atoms with Crippen LogP contribution >= 0.6 is 11.6 Å². The Bertz CT molecular complexity index is 1380. The molecule has 1 aromatic carbocycles. The molecule has 36 heavy (non-hydrogen) atoms. The molecule has 3 atom stereocenters. The third kappa shape index (κ3) is 4.16. The number of amides is 1. The van der Waals surface area contributed by atoms with Crippen LogP contribution in [-0.2, 0) is 16.9 Å². The Kier molecular flexibility index (Phi) is 5.69. The third-order valence-corrected chi connectivity index (χ3v) is 7.48. The van der Waals surface area contributed by atoms with E-state index in [1.54, 1.807) is 32.3 Å². The van der Waals surface area contributed by atoms with Crippen LogP contribution in [0.4, 0.5) is 15.0 Å². The summed E-state index contributed by atoms with van der Waals surface area (Å²) in [6.45, 7) is 5.54. The monoisotopic (exact) mass is 512 g/mol. The van der Waals surface area contributed by atoms with Crippen LogP contribution in [0.1, 0.15) is 51.3 Å². The van der Waals surface area contributed by atoms with Crippen molar-refractivity contribution in [1.29, 1.82) is 5.26 Å². The number of carbonyl (C=O) groups is 1. The summed E-state index contributed by atoms with van der Waals surface area (Å²) < 4.78 is 23.1. The molecule has 1 aliphatic carbocycles. The van der Waals surface area contributed by atoms with Gasteiger partial charge in [-0.1, -0.05) is 18.5 Å². The Labute approximate surface area is 212 Å². The highest BCUT2D eigenvalue weighted by Gasteiger charge is 2.55. The number of halogens is 2. The number of fused-ring (bicyclic) bond motifs is 1. The van der Waals surface area contributed by atoms with Crippen LogP contribution in [0.2, 0.25) is 5.02 Å². The second kappa shape index (κ2) is 8.39. The summed E-state index contributed by atoms with van der Waals surface area (Å²) in [5.41, 5.74) is -0.925. The largest absolute Gasteiger partial charge is 0.441 e. The Balaban J connectivity index is 1.41. The van der Waals surface area contributed by atoms with Gasteiger partial charge in [0.15, 0.2) is 5.82 Å². The quantitative estimate of drug-likeness (QED) is 0.546. The average Bonchev–Trinajstić information content (AvgIpc) is 3.36. The minimum Gasteiger partial charge on any atom is -0.441 e. The van der Waals surface area contributed by atoms with Gasteiger partial charge in [0.25, 0.3) is 0 Å². The molecule has 188 valence electrons. The molecule has 3 heterocycles. The molecule has 1 amide bonds. The van der Waals surface area contributed by atoms with Crippen molar-refractivity contribution in [3.8, 4) is 6.07 Å². The number of nitrogens with zero attached hydrogens (tertiary/aromatic N) is 6. The molecule has 2 fully saturated rings. The van der Waals surface area contributed by atoms with Crippen LogP contribution in [0, 0.1) is 16.7 Å². The summed E-state index contributed by atoms with van der Waals surface area (Å²) in [4.78, 5) is 27.2. The van der Waals surface area contributed by atoms with Crippen molar-refractivity contribution in [2.45, 2.75) is 64.0 Å². The van der Waals surface area contributed by atoms with E-state index < -0.39 is 28.9 Å². The standard InChI is InChI=1S/C25H26ClFN6O3/c1-23(2,35)19-9-30-20(10-29-19)33-13-25(36-22(33)34)5-4-18(27)24(3,11-25)12-32-14-31-21-16(26)6-15(8-28)7-17(21)32/h6-7,9-10,14,18,35H,4-5,11-13H2,1-3H3/t18-,24+,25+/m1/s1. The van der Waals surface area contributed by atoms with E-state index in [0.29, 0.717) is 46.0 Å². The molecule has 1 aliphatic heterocycles. The summed E-state index contributed by atoms with van der Waals surface area (Å²) in [6, 6.07) is 5.33. The van der Waals surface area contributed by atoms with E-state index in [4.69, 9.17) is 16.3 Å². The average molecular weight is 513 g/mol. The van der Waals surface area contributed by atoms with E-state index in [-0.39, 0.29) is 19.5 Å². The second-order valence-corrected chi connectivity index (χ2v) is 11.0. The van der Waals surface area contributed by atoms with Gasteiger partial charge in [-0.25, -0.2) is 19.2 Å². The summed E-state index contributed by atoms with van der Waals surface area (Å²) in [6.07, 6.45) is 3.69. The van der Waals surface area contributed by atoms with Crippen LogP contribution in [0.5, 0.6) is 0 Å². The maximum absolute atomic E-state index is 15.4. The maximum atomic E-state index is 15.4. The first-order valence-corrected chi connectivity index (χ1v) is 12.0. The number of rotatable bonds is 4. The molecule has 0 radical (unpaired) electrons. The summed E-state index contributed by atoms with van der Waals surface area (Å²) in [7, 11) is 0. The number of benzene rings is 1. The highest BCUT2D eigenvalue weighted by Crippen LogP contribution is 2.49. The highest BCUT2D eigenvalue weighted by atomic mass is 35.5. The minimum absolute atomic E-state index is 0.222. The topological polar surface area (TPSA) is 117 Å². The fourth-order valence-electron chi connectivity index (χ4n) is 5.33. The number of carbonyl (C=O) groups excluding carboxylic acids is 1. The van der Waals surface area contributed by atoms with E-state index in [9.17, 15) is 15.2 Å². The first-order valence-electron chi connectivity index (χ1n) is 11.7. The molecule has 2 aliphatic rings. The molecule has 9 nitrogen and oxygen atoms in total. The van der Waals surface area contributed by atoms with Gasteiger partial charge < -0.3 is 14.4 Å². The SMILES string of the molecule is CC(C)(O)c1cnc(N2C[C@@]3(CC[C@@H](F)[C@](C)(Cn4cnc5c(Cl)cc(C#N)cc54)C3)OC2=O)cn1. The Morgan fingerprint density at radius 3 is 2.78 bits per heavy atom. The predicted molar refractivity (Wildman–Crippen MR) is 130 cm³/mol. The molecule has 1 saturated heterocycles. The lowest BCUT2D eigenvalue weighted by Gasteiger charge is -2.45. The third-order valence-electron chi connectivity index (χ3n) is 7.19. The van der Waals surface area contributed by atoms with E-state index in [2.05, 4.69) is 21.0 Å². The van der Waals surface area contributed by atoms with Crippen molar-refractivity contribution in [2.24, 2.45) is 5.41 Å². The van der Waals surface area contributed by atoms with Crippen LogP contribution in [0.3, 0.4) is 0 Å². The Morgan fingerprint density at radius 2 is 2.11 bits per heavy atom. The molecule has 1 spiro atoms. The molecule has 1 N–H and O–H groups in total. The van der Waals surface area contributed by atoms with E-state index in [1.807, 2.05) is 11.5 Å². The van der Waals surface area contributed by atoms with E-state index in [1.165, 1.54) is 17.3 Å². The lowest BCUT2D eigenvalue weighted by atomic mass is 9.67. The molecule has 0 unspecified atom stereocenters. The number of hydrogen-bond acceptors (Lipinski definition) is 7. The zero-order valence-corrected chi connectivity index (χ0v) is 21.0. The van der Waals surface area contributed by atoms with Gasteiger partial charge in [0.2, 0.25) is 0 Å². The van der Waals surface area contributed by atoms with E-state index in [0.717, 1.165) is 0 Å². The smallest absolute Gasteiger partial charge is 0.416 e. The molecule has 1 saturated carbocycles. The highest BCUT2D eigenvalue weighted by molar-refractivity contribution is 6.35. The van der Waals surface area contributed by atoms with Crippen molar-refractivity contribution < 1.29 is 19.0 Å². The van der Waals surface area contributed by atoms with Crippen molar-refractivity contribution in [3.63, 3.8) is 0 Å². The summed E-state index contributed by atoms with van der Waals surface area (Å²) >= 11 is 6.29. The van der Waals surface area contributed by atoms with Crippen molar-refractivity contribution in [1.82, 2.24) is 19.5 Å². The van der Waals surface area contributed by atoms with Gasteiger partial charge in [-0.05, 0) is 45.2 Å². The molecular formula is C25H26ClFN6O3. The molecule has 2 aromatic heterocycles. The minimum atomic E-state index is -1.16. The number of aromatic nitrogens is 4. The van der Waals surface area contributed by atoms with Gasteiger partial charge in [0.05, 0.1) is 53.1 Å². The normalized spacial score (nSPS) is 26.4.